The lowest BCUT2D eigenvalue weighted by molar-refractivity contribution is -0.121. The van der Waals surface area contributed by atoms with Crippen molar-refractivity contribution in [1.82, 2.24) is 10.6 Å². The highest BCUT2D eigenvalue weighted by Gasteiger charge is 2.05. The van der Waals surface area contributed by atoms with E-state index in [-0.39, 0.29) is 18.6 Å². The van der Waals surface area contributed by atoms with Crippen LogP contribution in [-0.4, -0.2) is 59.1 Å². The standard InChI is InChI=1S/C38H58N2O6/c1-4-5-6-7-8-9-10-11-12-13-14-15-16-17-18-24-37(41)39-28-21-22-29-40-38(42)25-20-19-23-34-26-27-35(36(32-34)44-3)46-33-45-31-30-43-2/h5-6,8-9,11-12,19-20,23,25-27,32H,4,7,10,13-18,21-22,24,28-31,33H2,1-3H3,(H,39,41)(H,40,42). The van der Waals surface area contributed by atoms with Gasteiger partial charge in [-0.3, -0.25) is 9.59 Å². The summed E-state index contributed by atoms with van der Waals surface area (Å²) in [6.07, 6.45) is 32.4. The third kappa shape index (κ3) is 23.7. The zero-order valence-electron chi connectivity index (χ0n) is 28.5. The average Bonchev–Trinajstić information content (AvgIpc) is 3.06. The van der Waals surface area contributed by atoms with Gasteiger partial charge in [-0.05, 0) is 69.1 Å². The Bertz CT molecular complexity index is 1080. The summed E-state index contributed by atoms with van der Waals surface area (Å²) in [5, 5.41) is 5.86. The number of carbonyl (C=O) groups excluding carboxylic acids is 2. The van der Waals surface area contributed by atoms with Gasteiger partial charge in [0.1, 0.15) is 0 Å². The van der Waals surface area contributed by atoms with Crippen LogP contribution in [0.15, 0.2) is 72.9 Å². The third-order valence-electron chi connectivity index (χ3n) is 6.84. The van der Waals surface area contributed by atoms with Crippen LogP contribution in [0.25, 0.3) is 6.08 Å². The van der Waals surface area contributed by atoms with Gasteiger partial charge in [0.05, 0.1) is 20.3 Å². The summed E-state index contributed by atoms with van der Waals surface area (Å²) in [5.74, 6) is 1.15. The molecular weight excluding hydrogens is 580 g/mol. The van der Waals surface area contributed by atoms with Gasteiger partial charge < -0.3 is 29.6 Å². The number of unbranched alkanes of at least 4 members (excludes halogenated alkanes) is 6. The van der Waals surface area contributed by atoms with Crippen LogP contribution in [-0.2, 0) is 19.1 Å². The van der Waals surface area contributed by atoms with Crippen LogP contribution < -0.4 is 20.1 Å². The molecular formula is C38H58N2O6. The van der Waals surface area contributed by atoms with E-state index >= 15 is 0 Å². The minimum atomic E-state index is -0.150. The second-order valence-electron chi connectivity index (χ2n) is 10.7. The minimum absolute atomic E-state index is 0.109. The van der Waals surface area contributed by atoms with Gasteiger partial charge in [-0.15, -0.1) is 0 Å². The molecule has 0 saturated carbocycles. The van der Waals surface area contributed by atoms with E-state index in [1.54, 1.807) is 26.4 Å². The molecule has 2 amide bonds. The Morgan fingerprint density at radius 2 is 1.48 bits per heavy atom. The smallest absolute Gasteiger partial charge is 0.243 e. The van der Waals surface area contributed by atoms with E-state index in [4.69, 9.17) is 18.9 Å². The Kier molecular flexibility index (Phi) is 26.4. The molecule has 0 aliphatic heterocycles. The number of methoxy groups -OCH3 is 2. The predicted octanol–water partition coefficient (Wildman–Crippen LogP) is 7.87. The molecule has 2 N–H and O–H groups in total. The van der Waals surface area contributed by atoms with Crippen molar-refractivity contribution in [3.05, 3.63) is 78.4 Å². The maximum absolute atomic E-state index is 12.1. The van der Waals surface area contributed by atoms with Crippen LogP contribution in [0.3, 0.4) is 0 Å². The Hall–Kier alpha value is -3.62. The molecule has 0 aliphatic rings. The molecule has 0 spiro atoms. The zero-order chi connectivity index (χ0) is 33.3. The summed E-state index contributed by atoms with van der Waals surface area (Å²) < 4.78 is 21.3. The Labute approximate surface area is 278 Å². The summed E-state index contributed by atoms with van der Waals surface area (Å²) in [6.45, 7) is 4.42. The fraction of sp³-hybridized carbons (Fsp3) is 0.526. The summed E-state index contributed by atoms with van der Waals surface area (Å²) in [7, 11) is 3.20. The van der Waals surface area contributed by atoms with Crippen molar-refractivity contribution >= 4 is 17.9 Å². The molecule has 0 unspecified atom stereocenters. The molecule has 0 radical (unpaired) electrons. The van der Waals surface area contributed by atoms with E-state index < -0.39 is 0 Å². The highest BCUT2D eigenvalue weighted by atomic mass is 16.7. The highest BCUT2D eigenvalue weighted by Crippen LogP contribution is 2.28. The Morgan fingerprint density at radius 3 is 2.24 bits per heavy atom. The Morgan fingerprint density at radius 1 is 0.761 bits per heavy atom. The van der Waals surface area contributed by atoms with Crippen LogP contribution in [0.1, 0.15) is 89.5 Å². The minimum Gasteiger partial charge on any atom is -0.493 e. The van der Waals surface area contributed by atoms with E-state index in [2.05, 4.69) is 54.0 Å². The van der Waals surface area contributed by atoms with Gasteiger partial charge in [0, 0.05) is 32.7 Å². The van der Waals surface area contributed by atoms with Crippen LogP contribution in [0.4, 0.5) is 0 Å². The fourth-order valence-electron chi connectivity index (χ4n) is 4.26. The second kappa shape index (κ2) is 30.1. The van der Waals surface area contributed by atoms with Gasteiger partial charge in [0.2, 0.25) is 11.8 Å². The molecule has 1 rings (SSSR count). The van der Waals surface area contributed by atoms with E-state index in [1.165, 1.54) is 25.3 Å². The number of benzene rings is 1. The SMILES string of the molecule is CCC=CCC=CCC=CCCCCCCCC(=O)NCCCCNC(=O)C=CC=Cc1ccc(OCOCCOC)c(OC)c1. The molecule has 8 heteroatoms. The molecule has 1 aromatic carbocycles. The van der Waals surface area contributed by atoms with Gasteiger partial charge >= 0.3 is 0 Å². The first-order valence-corrected chi connectivity index (χ1v) is 16.8. The summed E-state index contributed by atoms with van der Waals surface area (Å²) in [4.78, 5) is 24.1. The first-order valence-electron chi connectivity index (χ1n) is 16.8. The van der Waals surface area contributed by atoms with Gasteiger partial charge in [-0.2, -0.15) is 0 Å². The molecule has 0 atom stereocenters. The van der Waals surface area contributed by atoms with E-state index in [0.29, 0.717) is 44.2 Å². The molecule has 0 fully saturated rings. The average molecular weight is 639 g/mol. The molecule has 0 heterocycles. The van der Waals surface area contributed by atoms with Crippen LogP contribution in [0.5, 0.6) is 11.5 Å². The Balaban J connectivity index is 2.04. The van der Waals surface area contributed by atoms with Crippen LogP contribution in [0, 0.1) is 0 Å². The third-order valence-corrected chi connectivity index (χ3v) is 6.84. The fourth-order valence-corrected chi connectivity index (χ4v) is 4.26. The topological polar surface area (TPSA) is 95.1 Å². The van der Waals surface area contributed by atoms with Crippen molar-refractivity contribution in [2.24, 2.45) is 0 Å². The summed E-state index contributed by atoms with van der Waals surface area (Å²) in [5.41, 5.74) is 0.908. The molecule has 46 heavy (non-hydrogen) atoms. The van der Waals surface area contributed by atoms with Crippen molar-refractivity contribution < 1.29 is 28.5 Å². The van der Waals surface area contributed by atoms with Crippen molar-refractivity contribution in [2.45, 2.75) is 84.0 Å². The molecule has 0 aliphatic carbocycles. The van der Waals surface area contributed by atoms with Crippen molar-refractivity contribution in [3.63, 3.8) is 0 Å². The molecule has 0 aromatic heterocycles. The lowest BCUT2D eigenvalue weighted by atomic mass is 10.1. The monoisotopic (exact) mass is 638 g/mol. The maximum atomic E-state index is 12.1. The van der Waals surface area contributed by atoms with Gasteiger partial charge in [-0.1, -0.05) is 86.9 Å². The molecule has 256 valence electrons. The largest absolute Gasteiger partial charge is 0.493 e. The molecule has 0 saturated heterocycles. The normalized spacial score (nSPS) is 11.9. The number of allylic oxidation sites excluding steroid dienone is 8. The molecule has 1 aromatic rings. The highest BCUT2D eigenvalue weighted by molar-refractivity contribution is 5.87. The number of nitrogens with one attached hydrogen (secondary N) is 2. The van der Waals surface area contributed by atoms with Crippen molar-refractivity contribution in [1.29, 1.82) is 0 Å². The van der Waals surface area contributed by atoms with Crippen LogP contribution in [0.2, 0.25) is 0 Å². The summed E-state index contributed by atoms with van der Waals surface area (Å²) >= 11 is 0. The first kappa shape index (κ1) is 40.4. The van der Waals surface area contributed by atoms with E-state index in [9.17, 15) is 9.59 Å². The first-order chi connectivity index (χ1) is 22.6. The number of amides is 2. The summed E-state index contributed by atoms with van der Waals surface area (Å²) in [6, 6.07) is 5.56. The number of hydrogen-bond acceptors (Lipinski definition) is 6. The number of rotatable bonds is 28. The van der Waals surface area contributed by atoms with Crippen molar-refractivity contribution in [3.8, 4) is 11.5 Å². The van der Waals surface area contributed by atoms with Crippen molar-refractivity contribution in [2.75, 3.05) is 47.3 Å². The maximum Gasteiger partial charge on any atom is 0.243 e. The van der Waals surface area contributed by atoms with Gasteiger partial charge in [0.25, 0.3) is 0 Å². The van der Waals surface area contributed by atoms with E-state index in [0.717, 1.165) is 56.9 Å². The van der Waals surface area contributed by atoms with Gasteiger partial charge in [-0.25, -0.2) is 0 Å². The van der Waals surface area contributed by atoms with E-state index in [1.807, 2.05) is 24.3 Å². The molecule has 0 bridgehead atoms. The van der Waals surface area contributed by atoms with Gasteiger partial charge in [0.15, 0.2) is 18.3 Å². The number of ether oxygens (including phenoxy) is 4. The molecule has 8 nitrogen and oxygen atoms in total. The number of hydrogen-bond donors (Lipinski definition) is 2. The lowest BCUT2D eigenvalue weighted by Crippen LogP contribution is -2.26. The number of carbonyl (C=O) groups is 2. The zero-order valence-corrected chi connectivity index (χ0v) is 28.5. The second-order valence-corrected chi connectivity index (χ2v) is 10.7. The quantitative estimate of drug-likeness (QED) is 0.0319. The van der Waals surface area contributed by atoms with Crippen LogP contribution >= 0.6 is 0 Å². The predicted molar refractivity (Wildman–Crippen MR) is 189 cm³/mol. The lowest BCUT2D eigenvalue weighted by Gasteiger charge is -2.11.